The summed E-state index contributed by atoms with van der Waals surface area (Å²) in [6, 6.07) is 5.37. The summed E-state index contributed by atoms with van der Waals surface area (Å²) in [5, 5.41) is 2.90. The van der Waals surface area contributed by atoms with Crippen molar-refractivity contribution in [2.45, 2.75) is 13.0 Å². The van der Waals surface area contributed by atoms with Gasteiger partial charge in [-0.05, 0) is 37.7 Å². The zero-order chi connectivity index (χ0) is 14.7. The molecule has 0 aliphatic heterocycles. The van der Waals surface area contributed by atoms with Crippen LogP contribution in [0.1, 0.15) is 22.9 Å². The number of aryl methyl sites for hydroxylation is 1. The van der Waals surface area contributed by atoms with E-state index in [0.29, 0.717) is 17.0 Å². The summed E-state index contributed by atoms with van der Waals surface area (Å²) in [4.78, 5) is 4.19. The number of rotatable bonds is 4. The van der Waals surface area contributed by atoms with Gasteiger partial charge in [-0.2, -0.15) is 0 Å². The van der Waals surface area contributed by atoms with Crippen LogP contribution in [0.4, 0.5) is 8.78 Å². The fourth-order valence-corrected chi connectivity index (χ4v) is 2.15. The standard InChI is InChI=1S/C15H16F2N2O/c1-9-6-7-10(16)12(13(9)17)15(18-2)14-11(20-3)5-4-8-19-14/h4-8,15,18H,1-3H3. The van der Waals surface area contributed by atoms with Crippen molar-refractivity contribution in [3.8, 4) is 5.75 Å². The van der Waals surface area contributed by atoms with Gasteiger partial charge in [0.2, 0.25) is 0 Å². The van der Waals surface area contributed by atoms with Gasteiger partial charge in [0.15, 0.2) is 0 Å². The molecule has 0 radical (unpaired) electrons. The Morgan fingerprint density at radius 1 is 1.25 bits per heavy atom. The summed E-state index contributed by atoms with van der Waals surface area (Å²) in [5.74, 6) is -0.704. The maximum atomic E-state index is 14.3. The highest BCUT2D eigenvalue weighted by Crippen LogP contribution is 2.31. The second-order valence-corrected chi connectivity index (χ2v) is 4.40. The number of benzene rings is 1. The van der Waals surface area contributed by atoms with Crippen LogP contribution in [-0.2, 0) is 0 Å². The Hall–Kier alpha value is -2.01. The molecule has 1 N–H and O–H groups in total. The van der Waals surface area contributed by atoms with Gasteiger partial charge >= 0.3 is 0 Å². The summed E-state index contributed by atoms with van der Waals surface area (Å²) < 4.78 is 33.5. The number of halogens is 2. The van der Waals surface area contributed by atoms with Crippen LogP contribution in [0.3, 0.4) is 0 Å². The molecule has 1 heterocycles. The third kappa shape index (κ3) is 2.49. The van der Waals surface area contributed by atoms with E-state index in [-0.39, 0.29) is 5.56 Å². The van der Waals surface area contributed by atoms with Crippen LogP contribution in [0.2, 0.25) is 0 Å². The molecule has 0 aliphatic rings. The normalized spacial score (nSPS) is 12.2. The Morgan fingerprint density at radius 2 is 2.00 bits per heavy atom. The highest BCUT2D eigenvalue weighted by Gasteiger charge is 2.25. The minimum atomic E-state index is -0.717. The highest BCUT2D eigenvalue weighted by molar-refractivity contribution is 5.39. The molecule has 0 fully saturated rings. The van der Waals surface area contributed by atoms with Crippen molar-refractivity contribution in [2.75, 3.05) is 14.2 Å². The third-order valence-electron chi connectivity index (χ3n) is 3.19. The fourth-order valence-electron chi connectivity index (χ4n) is 2.15. The lowest BCUT2D eigenvalue weighted by Gasteiger charge is -2.20. The Bertz CT molecular complexity index is 617. The first-order valence-electron chi connectivity index (χ1n) is 6.20. The lowest BCUT2D eigenvalue weighted by Crippen LogP contribution is -2.22. The molecule has 0 saturated carbocycles. The van der Waals surface area contributed by atoms with E-state index in [1.165, 1.54) is 19.2 Å². The smallest absolute Gasteiger partial charge is 0.142 e. The minimum absolute atomic E-state index is 0.0514. The Kier molecular flexibility index (Phi) is 4.29. The van der Waals surface area contributed by atoms with Crippen molar-refractivity contribution >= 4 is 0 Å². The van der Waals surface area contributed by atoms with Gasteiger partial charge in [-0.1, -0.05) is 6.07 Å². The SMILES string of the molecule is CNC(c1ncccc1OC)c1c(F)ccc(C)c1F. The van der Waals surface area contributed by atoms with E-state index in [1.54, 1.807) is 32.3 Å². The van der Waals surface area contributed by atoms with E-state index in [1.807, 2.05) is 0 Å². The van der Waals surface area contributed by atoms with E-state index in [4.69, 9.17) is 4.74 Å². The summed E-state index contributed by atoms with van der Waals surface area (Å²) in [7, 11) is 3.12. The van der Waals surface area contributed by atoms with Crippen molar-refractivity contribution in [3.05, 3.63) is 58.9 Å². The van der Waals surface area contributed by atoms with Crippen LogP contribution >= 0.6 is 0 Å². The molecule has 1 unspecified atom stereocenters. The van der Waals surface area contributed by atoms with Crippen LogP contribution in [0.15, 0.2) is 30.5 Å². The van der Waals surface area contributed by atoms with Gasteiger partial charge in [0, 0.05) is 11.8 Å². The van der Waals surface area contributed by atoms with Gasteiger partial charge in [-0.15, -0.1) is 0 Å². The van der Waals surface area contributed by atoms with Gasteiger partial charge in [0.05, 0.1) is 13.2 Å². The van der Waals surface area contributed by atoms with Crippen LogP contribution in [0.5, 0.6) is 5.75 Å². The first kappa shape index (κ1) is 14.4. The van der Waals surface area contributed by atoms with Crippen molar-refractivity contribution in [3.63, 3.8) is 0 Å². The second kappa shape index (κ2) is 5.96. The van der Waals surface area contributed by atoms with Crippen LogP contribution in [0, 0.1) is 18.6 Å². The van der Waals surface area contributed by atoms with Crippen LogP contribution in [-0.4, -0.2) is 19.1 Å². The predicted octanol–water partition coefficient (Wildman–Crippen LogP) is 2.99. The zero-order valence-electron chi connectivity index (χ0n) is 11.6. The van der Waals surface area contributed by atoms with Gasteiger partial charge in [-0.3, -0.25) is 4.98 Å². The number of hydrogen-bond acceptors (Lipinski definition) is 3. The molecule has 2 aromatic rings. The van der Waals surface area contributed by atoms with E-state index in [0.717, 1.165) is 0 Å². The average Bonchev–Trinajstić information content (AvgIpc) is 2.47. The molecular formula is C15H16F2N2O. The highest BCUT2D eigenvalue weighted by atomic mass is 19.1. The van der Waals surface area contributed by atoms with Gasteiger partial charge in [-0.25, -0.2) is 8.78 Å². The molecule has 1 atom stereocenters. The lowest BCUT2D eigenvalue weighted by molar-refractivity contribution is 0.399. The van der Waals surface area contributed by atoms with Crippen LogP contribution in [0.25, 0.3) is 0 Å². The molecule has 0 amide bonds. The first-order chi connectivity index (χ1) is 9.60. The monoisotopic (exact) mass is 278 g/mol. The topological polar surface area (TPSA) is 34.2 Å². The second-order valence-electron chi connectivity index (χ2n) is 4.40. The number of nitrogens with one attached hydrogen (secondary N) is 1. The van der Waals surface area contributed by atoms with Crippen molar-refractivity contribution in [2.24, 2.45) is 0 Å². The van der Waals surface area contributed by atoms with E-state index in [2.05, 4.69) is 10.3 Å². The first-order valence-corrected chi connectivity index (χ1v) is 6.20. The number of nitrogens with zero attached hydrogens (tertiary/aromatic N) is 1. The molecule has 106 valence electrons. The largest absolute Gasteiger partial charge is 0.495 e. The molecule has 0 bridgehead atoms. The van der Waals surface area contributed by atoms with E-state index in [9.17, 15) is 8.78 Å². The van der Waals surface area contributed by atoms with Crippen molar-refractivity contribution in [1.82, 2.24) is 10.3 Å². The number of aromatic nitrogens is 1. The molecular weight excluding hydrogens is 262 g/mol. The third-order valence-corrected chi connectivity index (χ3v) is 3.19. The molecule has 2 rings (SSSR count). The molecule has 20 heavy (non-hydrogen) atoms. The molecule has 0 saturated heterocycles. The molecule has 1 aromatic heterocycles. The number of methoxy groups -OCH3 is 1. The van der Waals surface area contributed by atoms with Crippen molar-refractivity contribution < 1.29 is 13.5 Å². The van der Waals surface area contributed by atoms with Gasteiger partial charge < -0.3 is 10.1 Å². The quantitative estimate of drug-likeness (QED) is 0.933. The maximum Gasteiger partial charge on any atom is 0.142 e. The Balaban J connectivity index is 2.62. The summed E-state index contributed by atoms with van der Waals surface area (Å²) in [5.41, 5.74) is 0.780. The Morgan fingerprint density at radius 3 is 2.65 bits per heavy atom. The van der Waals surface area contributed by atoms with E-state index < -0.39 is 17.7 Å². The molecule has 0 spiro atoms. The maximum absolute atomic E-state index is 14.3. The van der Waals surface area contributed by atoms with Gasteiger partial charge in [0.25, 0.3) is 0 Å². The average molecular weight is 278 g/mol. The zero-order valence-corrected chi connectivity index (χ0v) is 11.6. The number of hydrogen-bond donors (Lipinski definition) is 1. The van der Waals surface area contributed by atoms with Crippen molar-refractivity contribution in [1.29, 1.82) is 0 Å². The number of pyridine rings is 1. The Labute approximate surface area is 116 Å². The molecule has 1 aromatic carbocycles. The van der Waals surface area contributed by atoms with Gasteiger partial charge in [0.1, 0.15) is 23.1 Å². The fraction of sp³-hybridized carbons (Fsp3) is 0.267. The minimum Gasteiger partial charge on any atom is -0.495 e. The molecule has 3 nitrogen and oxygen atoms in total. The van der Waals surface area contributed by atoms with Crippen LogP contribution < -0.4 is 10.1 Å². The summed E-state index contributed by atoms with van der Waals surface area (Å²) in [6.07, 6.45) is 1.56. The molecule has 5 heteroatoms. The molecule has 0 aliphatic carbocycles. The predicted molar refractivity (Wildman–Crippen MR) is 72.8 cm³/mol. The number of ether oxygens (including phenoxy) is 1. The van der Waals surface area contributed by atoms with E-state index >= 15 is 0 Å². The summed E-state index contributed by atoms with van der Waals surface area (Å²) in [6.45, 7) is 1.60. The lowest BCUT2D eigenvalue weighted by atomic mass is 9.99. The summed E-state index contributed by atoms with van der Waals surface area (Å²) >= 11 is 0.